The zero-order valence-corrected chi connectivity index (χ0v) is 82.5. The molecule has 9 rings (SSSR count). The van der Waals surface area contributed by atoms with Crippen molar-refractivity contribution < 1.29 is 40.6 Å². The molecule has 18 heteroatoms. The van der Waals surface area contributed by atoms with Gasteiger partial charge < -0.3 is 29.4 Å². The van der Waals surface area contributed by atoms with E-state index in [0.717, 1.165) is 52.1 Å². The molecule has 0 bridgehead atoms. The maximum atomic E-state index is 7.32. The Kier molecular flexibility index (Phi) is 52.5. The predicted octanol–water partition coefficient (Wildman–Crippen LogP) is 27.6. The van der Waals surface area contributed by atoms with Gasteiger partial charge in [-0.1, -0.05) is 183 Å². The van der Waals surface area contributed by atoms with E-state index >= 15 is 0 Å². The Bertz CT molecular complexity index is 3340. The molecular weight excluding hydrogens is 1750 g/mol. The smallest absolute Gasteiger partial charge is 0.00510 e. The summed E-state index contributed by atoms with van der Waals surface area (Å²) in [5.41, 5.74) is 25.0. The summed E-state index contributed by atoms with van der Waals surface area (Å²) in [5, 5.41) is 22.0. The average molecular weight is 1890 g/mol. The third-order valence-corrected chi connectivity index (χ3v) is 25.0. The monoisotopic (exact) mass is 1890 g/mol. The molecule has 9 nitrogen and oxygen atoms in total. The van der Waals surface area contributed by atoms with E-state index < -0.39 is 40.6 Å². The standard InChI is InChI=1S/C27H43N2.C23H35N2.C21H31N2.3C5H8.3C2H3N.6ClH.3Ru/c1-18(2)22-11-9-12-23(19(3)4)26(22)28-15-16-29(17-28)27-24(20(5)6)13-10-14-25(27)21(7)8;1-16(2)20-11-7-9-18(5)22(20)24-13-14-25(15-24)23-19(6)10-8-12-21(23)17(3)4;1-14-9-16(3)20(17(4)10-14)22-7-8-23(13-22)21-18(5)11-15(2)12-19(21)6;3*1-4-5(2)3;3*1-2-3;;;;;;;;;/h9-11,13,17-21,23,25H,12,14-16H2,1-8H3;7-8,11-12,15-19H,9-10,13-14H2,1-6H3;9,11,13,17,19H,7-8,10,12H2,1-6H3;3*1,4H,2-3H3;3*1H3;6*1H;;;/q3*-1;;;;;;;;;;;;;3*+2/p-6/t23-,25+;18-,19+;17-,19+;;;;;;;;;;;;;;;. The van der Waals surface area contributed by atoms with Gasteiger partial charge in [0.2, 0.25) is 0 Å². The van der Waals surface area contributed by atoms with Gasteiger partial charge >= 0.3 is 189 Å². The van der Waals surface area contributed by atoms with Gasteiger partial charge in [0.1, 0.15) is 0 Å². The van der Waals surface area contributed by atoms with Crippen LogP contribution < -0.4 is 0 Å². The number of halogens is 6. The first-order chi connectivity index (χ1) is 51.6. The normalized spacial score (nSPS) is 21.6. The van der Waals surface area contributed by atoms with Crippen molar-refractivity contribution >= 4 is 72.0 Å². The van der Waals surface area contributed by atoms with Gasteiger partial charge in [-0.05, 0) is 193 Å². The van der Waals surface area contributed by atoms with Gasteiger partial charge in [0.05, 0.1) is 18.2 Å². The molecule has 0 saturated carbocycles. The number of hydrogen-bond acceptors (Lipinski definition) is 9. The Morgan fingerprint density at radius 2 is 0.600 bits per heavy atom. The topological polar surface area (TPSA) is 90.8 Å². The molecule has 3 fully saturated rings. The molecule has 3 saturated heterocycles. The Morgan fingerprint density at radius 1 is 0.382 bits per heavy atom. The van der Waals surface area contributed by atoms with Crippen LogP contribution in [0.15, 0.2) is 174 Å². The third kappa shape index (κ3) is 36.8. The Balaban J connectivity index is 0.000000687. The van der Waals surface area contributed by atoms with Crippen molar-refractivity contribution in [3.8, 4) is 18.2 Å². The molecule has 6 atom stereocenters. The zero-order valence-electron chi connectivity index (χ0n) is 72.7. The first-order valence-corrected chi connectivity index (χ1v) is 55.9. The number of nitriles is 3. The number of nitrogens with zero attached hydrogens (tertiary/aromatic N) is 9. The molecule has 0 N–H and O–H groups in total. The second kappa shape index (κ2) is 55.2. The Labute approximate surface area is 713 Å². The first-order valence-electron chi connectivity index (χ1n) is 39.5. The Hall–Kier alpha value is -3.41. The van der Waals surface area contributed by atoms with Crippen molar-refractivity contribution in [1.29, 1.82) is 15.8 Å². The van der Waals surface area contributed by atoms with E-state index in [1.165, 1.54) is 119 Å². The van der Waals surface area contributed by atoms with Gasteiger partial charge in [-0.3, -0.25) is 0 Å². The molecule has 9 aliphatic rings. The molecule has 624 valence electrons. The van der Waals surface area contributed by atoms with E-state index in [0.29, 0.717) is 71.0 Å². The van der Waals surface area contributed by atoms with Crippen molar-refractivity contribution in [3.05, 3.63) is 194 Å². The maximum absolute atomic E-state index is 7.32. The van der Waals surface area contributed by atoms with Crippen molar-refractivity contribution in [1.82, 2.24) is 29.4 Å². The summed E-state index contributed by atoms with van der Waals surface area (Å²) in [6, 6.07) is 5.25. The molecule has 0 radical (unpaired) electrons. The van der Waals surface area contributed by atoms with Crippen LogP contribution in [0.5, 0.6) is 0 Å². The average Bonchev–Trinajstić information content (AvgIpc) is 1.60. The second-order valence-electron chi connectivity index (χ2n) is 32.2. The quantitative estimate of drug-likeness (QED) is 0.117. The molecule has 3 aliphatic heterocycles. The largest absolute Gasteiger partial charge is 0.505 e. The summed E-state index contributed by atoms with van der Waals surface area (Å²) >= 11 is -4.56. The minimum absolute atomic E-state index is 0.566. The maximum Gasteiger partial charge on any atom is 0.00510 e. The number of allylic oxidation sites excluding steroid dienone is 30. The second-order valence-corrected chi connectivity index (χ2v) is 49.6. The molecule has 0 aromatic carbocycles. The van der Waals surface area contributed by atoms with E-state index in [1.807, 2.05) is 73.6 Å². The molecule has 0 spiro atoms. The van der Waals surface area contributed by atoms with Crippen LogP contribution in [0.2, 0.25) is 0 Å². The van der Waals surface area contributed by atoms with Crippen LogP contribution in [-0.2, 0) is 40.6 Å². The van der Waals surface area contributed by atoms with Crippen LogP contribution in [0.3, 0.4) is 0 Å². The summed E-state index contributed by atoms with van der Waals surface area (Å²) in [7, 11) is 33.2. The fraction of sp³-hybridized carbons (Fsp3) is 0.576. The van der Waals surface area contributed by atoms with Crippen LogP contribution in [0.4, 0.5) is 0 Å². The number of hydrogen-bond donors (Lipinski definition) is 0. The fourth-order valence-corrected chi connectivity index (χ4v) is 19.1. The van der Waals surface area contributed by atoms with Gasteiger partial charge in [-0.25, -0.2) is 0 Å². The van der Waals surface area contributed by atoms with Gasteiger partial charge in [0.15, 0.2) is 0 Å². The van der Waals surface area contributed by atoms with Gasteiger partial charge in [-0.2, -0.15) is 35.8 Å². The molecule has 0 amide bonds. The summed E-state index contributed by atoms with van der Waals surface area (Å²) in [6.45, 7) is 77.0. The summed E-state index contributed by atoms with van der Waals surface area (Å²) in [5.74, 6) is 7.34. The molecule has 0 unspecified atom stereocenters. The third-order valence-electron chi connectivity index (χ3n) is 19.7. The zero-order chi connectivity index (χ0) is 84.0. The van der Waals surface area contributed by atoms with Gasteiger partial charge in [0.25, 0.3) is 0 Å². The Morgan fingerprint density at radius 3 is 0.800 bits per heavy atom. The van der Waals surface area contributed by atoms with E-state index in [9.17, 15) is 0 Å². The molecule has 3 heterocycles. The summed E-state index contributed by atoms with van der Waals surface area (Å²) in [4.78, 5) is 15.3. The van der Waals surface area contributed by atoms with Gasteiger partial charge in [-0.15, -0.1) is 0 Å². The number of rotatable bonds is 15. The van der Waals surface area contributed by atoms with Gasteiger partial charge in [0, 0.05) is 71.9 Å². The van der Waals surface area contributed by atoms with E-state index in [4.69, 9.17) is 73.9 Å². The minimum Gasteiger partial charge on any atom is -0.505 e. The van der Waals surface area contributed by atoms with Crippen molar-refractivity contribution in [2.75, 3.05) is 39.3 Å². The van der Waals surface area contributed by atoms with Crippen LogP contribution >= 0.6 is 58.1 Å². The minimum atomic E-state index is -1.52. The van der Waals surface area contributed by atoms with E-state index in [1.54, 1.807) is 41.0 Å². The first kappa shape index (κ1) is 105. The molecule has 6 aliphatic carbocycles. The molecule has 0 aromatic rings. The summed E-state index contributed by atoms with van der Waals surface area (Å²) in [6.07, 6.45) is 36.7. The van der Waals surface area contributed by atoms with Crippen LogP contribution in [-0.4, -0.2) is 82.5 Å². The van der Waals surface area contributed by atoms with E-state index in [-0.39, 0.29) is 0 Å². The van der Waals surface area contributed by atoms with E-state index in [2.05, 4.69) is 249 Å². The van der Waals surface area contributed by atoms with Crippen LogP contribution in [0.25, 0.3) is 0 Å². The summed E-state index contributed by atoms with van der Waals surface area (Å²) < 4.78 is 5.63. The fourth-order valence-electron chi connectivity index (χ4n) is 15.1. The predicted molar refractivity (Wildman–Crippen MR) is 477 cm³/mol. The molecular formula is C92H142Cl6N9Ru3-3. The SMILES string of the molecule is CC#N.CC#N.CC#N.CC(C)=C[CH]=[Ru]([Cl])[Cl].CC(C)=C[CH]=[Ru]([Cl])[Cl].CC(C)=C[CH]=[Ru]([Cl])[Cl].CC(C)C1=C(N2[CH-]N(C3=C(C(C)C)C=CC[C@@H]3C(C)C)CC2)[C@H](C(C)C)CC=C1.CC(C)C1=C(N2[CH-]N(C3=C(C(C)C)C=CC[C@@H]3C)CC2)[C@H](C)CC=C1.CC1=CC(C)=C(N2[CH-]N(C3=C(C)C=C(C)C[C@@H]3C)CC2)[C@H](C)C1. The molecule has 0 aromatic heterocycles. The van der Waals surface area contributed by atoms with Crippen molar-refractivity contribution in [3.63, 3.8) is 0 Å². The van der Waals surface area contributed by atoms with Crippen molar-refractivity contribution in [2.45, 2.75) is 239 Å². The molecule has 110 heavy (non-hydrogen) atoms. The van der Waals surface area contributed by atoms with Crippen LogP contribution in [0, 0.1) is 125 Å². The van der Waals surface area contributed by atoms with Crippen molar-refractivity contribution in [2.24, 2.45) is 71.0 Å². The van der Waals surface area contributed by atoms with Crippen LogP contribution in [0.1, 0.15) is 239 Å².